The summed E-state index contributed by atoms with van der Waals surface area (Å²) in [6, 6.07) is 13.6. The van der Waals surface area contributed by atoms with Gasteiger partial charge in [-0.2, -0.15) is 0 Å². The molecule has 2 N–H and O–H groups in total. The molecule has 2 aromatic carbocycles. The number of fused-ring (bicyclic) bond motifs is 1. The van der Waals surface area contributed by atoms with E-state index in [-0.39, 0.29) is 24.5 Å². The minimum absolute atomic E-state index is 0.0205. The smallest absolute Gasteiger partial charge is 0.258 e. The molecule has 5 nitrogen and oxygen atoms in total. The third-order valence-electron chi connectivity index (χ3n) is 4.37. The number of aromatic nitrogens is 2. The fourth-order valence-electron chi connectivity index (χ4n) is 2.99. The third-order valence-corrected chi connectivity index (χ3v) is 4.37. The maximum absolute atomic E-state index is 12.4. The molecule has 0 unspecified atom stereocenters. The van der Waals surface area contributed by atoms with E-state index < -0.39 is 0 Å². The van der Waals surface area contributed by atoms with Gasteiger partial charge in [0.1, 0.15) is 11.6 Å². The number of carbonyl (C=O) groups excluding carboxylic acids is 1. The van der Waals surface area contributed by atoms with Gasteiger partial charge in [-0.3, -0.25) is 4.79 Å². The highest BCUT2D eigenvalue weighted by molar-refractivity contribution is 5.78. The van der Waals surface area contributed by atoms with Crippen molar-refractivity contribution in [2.45, 2.75) is 33.7 Å². The monoisotopic (exact) mass is 351 g/mol. The number of ether oxygens (including phenoxy) is 1. The number of benzene rings is 2. The van der Waals surface area contributed by atoms with E-state index in [2.05, 4.69) is 29.1 Å². The van der Waals surface area contributed by atoms with Crippen molar-refractivity contribution in [3.8, 4) is 5.75 Å². The number of amides is 1. The summed E-state index contributed by atoms with van der Waals surface area (Å²) in [6.45, 7) is 8.11. The number of H-pyrrole nitrogens is 1. The van der Waals surface area contributed by atoms with Crippen molar-refractivity contribution in [2.24, 2.45) is 5.92 Å². The Labute approximate surface area is 153 Å². The fourth-order valence-corrected chi connectivity index (χ4v) is 2.99. The lowest BCUT2D eigenvalue weighted by atomic mass is 10.0. The van der Waals surface area contributed by atoms with E-state index in [1.807, 2.05) is 56.3 Å². The number of rotatable bonds is 6. The van der Waals surface area contributed by atoms with Crippen LogP contribution >= 0.6 is 0 Å². The number of nitrogens with one attached hydrogen (secondary N) is 2. The molecule has 0 bridgehead atoms. The molecule has 5 heteroatoms. The minimum Gasteiger partial charge on any atom is -0.484 e. The van der Waals surface area contributed by atoms with Crippen molar-refractivity contribution >= 4 is 16.9 Å². The SMILES string of the molecule is Cc1ccc(OCC(=O)N[C@H](c2nc3ccccc3[nH]2)C(C)C)c(C)c1. The summed E-state index contributed by atoms with van der Waals surface area (Å²) < 4.78 is 5.69. The van der Waals surface area contributed by atoms with Crippen molar-refractivity contribution in [3.05, 3.63) is 59.4 Å². The summed E-state index contributed by atoms with van der Waals surface area (Å²) in [5.41, 5.74) is 4.06. The summed E-state index contributed by atoms with van der Waals surface area (Å²) >= 11 is 0. The first-order chi connectivity index (χ1) is 12.4. The van der Waals surface area contributed by atoms with Gasteiger partial charge >= 0.3 is 0 Å². The molecule has 3 rings (SSSR count). The topological polar surface area (TPSA) is 67.0 Å². The quantitative estimate of drug-likeness (QED) is 0.703. The number of carbonyl (C=O) groups is 1. The molecule has 0 spiro atoms. The molecule has 1 aromatic heterocycles. The van der Waals surface area contributed by atoms with Crippen molar-refractivity contribution in [3.63, 3.8) is 0 Å². The van der Waals surface area contributed by atoms with Crippen LogP contribution in [0, 0.1) is 19.8 Å². The van der Waals surface area contributed by atoms with Crippen molar-refractivity contribution in [1.82, 2.24) is 15.3 Å². The van der Waals surface area contributed by atoms with Crippen LogP contribution in [-0.4, -0.2) is 22.5 Å². The van der Waals surface area contributed by atoms with Crippen molar-refractivity contribution in [2.75, 3.05) is 6.61 Å². The van der Waals surface area contributed by atoms with Gasteiger partial charge in [0.2, 0.25) is 0 Å². The Morgan fingerprint density at radius 3 is 2.65 bits per heavy atom. The molecule has 0 saturated carbocycles. The molecule has 0 fully saturated rings. The number of para-hydroxylation sites is 2. The predicted molar refractivity (Wildman–Crippen MR) is 103 cm³/mol. The molecule has 0 radical (unpaired) electrons. The van der Waals surface area contributed by atoms with Gasteiger partial charge in [-0.25, -0.2) is 4.98 Å². The summed E-state index contributed by atoms with van der Waals surface area (Å²) in [5.74, 6) is 1.53. The molecule has 0 aliphatic rings. The van der Waals surface area contributed by atoms with Gasteiger partial charge in [-0.1, -0.05) is 43.7 Å². The van der Waals surface area contributed by atoms with E-state index in [9.17, 15) is 4.79 Å². The number of aromatic amines is 1. The van der Waals surface area contributed by atoms with Gasteiger partial charge in [-0.05, 0) is 43.5 Å². The zero-order valence-corrected chi connectivity index (χ0v) is 15.7. The van der Waals surface area contributed by atoms with Crippen LogP contribution in [0.2, 0.25) is 0 Å². The van der Waals surface area contributed by atoms with Crippen LogP contribution in [0.5, 0.6) is 5.75 Å². The number of hydrogen-bond acceptors (Lipinski definition) is 3. The Kier molecular flexibility index (Phi) is 5.26. The summed E-state index contributed by atoms with van der Waals surface area (Å²) in [4.78, 5) is 20.3. The van der Waals surface area contributed by atoms with E-state index >= 15 is 0 Å². The third kappa shape index (κ3) is 4.04. The number of nitrogens with zero attached hydrogens (tertiary/aromatic N) is 1. The first-order valence-corrected chi connectivity index (χ1v) is 8.88. The van der Waals surface area contributed by atoms with E-state index in [4.69, 9.17) is 4.74 Å². The van der Waals surface area contributed by atoms with E-state index in [0.29, 0.717) is 0 Å². The molecule has 1 heterocycles. The largest absolute Gasteiger partial charge is 0.484 e. The number of imidazole rings is 1. The molecule has 0 saturated heterocycles. The molecule has 0 aliphatic heterocycles. The van der Waals surface area contributed by atoms with Crippen LogP contribution < -0.4 is 10.1 Å². The second-order valence-corrected chi connectivity index (χ2v) is 6.99. The second kappa shape index (κ2) is 7.60. The zero-order valence-electron chi connectivity index (χ0n) is 15.7. The molecule has 3 aromatic rings. The van der Waals surface area contributed by atoms with Crippen molar-refractivity contribution in [1.29, 1.82) is 0 Å². The first kappa shape index (κ1) is 18.0. The van der Waals surface area contributed by atoms with Crippen molar-refractivity contribution < 1.29 is 9.53 Å². The number of aryl methyl sites for hydroxylation is 2. The highest BCUT2D eigenvalue weighted by Crippen LogP contribution is 2.22. The summed E-state index contributed by atoms with van der Waals surface area (Å²) in [7, 11) is 0. The molecule has 0 aliphatic carbocycles. The highest BCUT2D eigenvalue weighted by Gasteiger charge is 2.22. The summed E-state index contributed by atoms with van der Waals surface area (Å²) in [5, 5.41) is 3.04. The maximum Gasteiger partial charge on any atom is 0.258 e. The molecular formula is C21H25N3O2. The maximum atomic E-state index is 12.4. The van der Waals surface area contributed by atoms with Crippen LogP contribution in [0.25, 0.3) is 11.0 Å². The predicted octanol–water partition coefficient (Wildman–Crippen LogP) is 4.07. The average molecular weight is 351 g/mol. The van der Waals surface area contributed by atoms with E-state index in [0.717, 1.165) is 28.2 Å². The van der Waals surface area contributed by atoms with Crippen LogP contribution in [-0.2, 0) is 4.79 Å². The Hall–Kier alpha value is -2.82. The Morgan fingerprint density at radius 2 is 1.96 bits per heavy atom. The lowest BCUT2D eigenvalue weighted by Crippen LogP contribution is -2.35. The average Bonchev–Trinajstić information content (AvgIpc) is 3.02. The van der Waals surface area contributed by atoms with E-state index in [1.54, 1.807) is 0 Å². The van der Waals surface area contributed by atoms with Gasteiger partial charge in [0.25, 0.3) is 5.91 Å². The lowest BCUT2D eigenvalue weighted by Gasteiger charge is -2.20. The van der Waals surface area contributed by atoms with Gasteiger partial charge in [0, 0.05) is 0 Å². The van der Waals surface area contributed by atoms with Crippen LogP contribution in [0.15, 0.2) is 42.5 Å². The lowest BCUT2D eigenvalue weighted by molar-refractivity contribution is -0.124. The van der Waals surface area contributed by atoms with Crippen LogP contribution in [0.4, 0.5) is 0 Å². The minimum atomic E-state index is -0.197. The van der Waals surface area contributed by atoms with Gasteiger partial charge in [0.05, 0.1) is 17.1 Å². The van der Waals surface area contributed by atoms with Crippen LogP contribution in [0.3, 0.4) is 0 Å². The van der Waals surface area contributed by atoms with Gasteiger partial charge in [0.15, 0.2) is 6.61 Å². The van der Waals surface area contributed by atoms with Crippen LogP contribution in [0.1, 0.15) is 36.8 Å². The fraction of sp³-hybridized carbons (Fsp3) is 0.333. The first-order valence-electron chi connectivity index (χ1n) is 8.88. The molecule has 1 atom stereocenters. The van der Waals surface area contributed by atoms with Gasteiger partial charge < -0.3 is 15.0 Å². The number of hydrogen-bond donors (Lipinski definition) is 2. The zero-order chi connectivity index (χ0) is 18.7. The normalized spacial score (nSPS) is 12.3. The Morgan fingerprint density at radius 1 is 1.19 bits per heavy atom. The Balaban J connectivity index is 1.68. The molecule has 26 heavy (non-hydrogen) atoms. The van der Waals surface area contributed by atoms with Gasteiger partial charge in [-0.15, -0.1) is 0 Å². The summed E-state index contributed by atoms with van der Waals surface area (Å²) in [6.07, 6.45) is 0. The molecule has 136 valence electrons. The molecule has 1 amide bonds. The van der Waals surface area contributed by atoms with E-state index in [1.165, 1.54) is 5.56 Å². The molecular weight excluding hydrogens is 326 g/mol. The standard InChI is InChI=1S/C21H25N3O2/c1-13(2)20(21-22-16-7-5-6-8-17(16)23-21)24-19(25)12-26-18-10-9-14(3)11-15(18)4/h5-11,13,20H,12H2,1-4H3,(H,22,23)(H,24,25)/t20-/m0/s1. The highest BCUT2D eigenvalue weighted by atomic mass is 16.5. The Bertz CT molecular complexity index is 882. The second-order valence-electron chi connectivity index (χ2n) is 6.99.